The number of carbonyl (C=O) groups is 2. The molecule has 1 atom stereocenters. The molecule has 0 spiro atoms. The monoisotopic (exact) mass is 404 g/mol. The van der Waals surface area contributed by atoms with Gasteiger partial charge in [-0.25, -0.2) is 4.98 Å². The smallest absolute Gasteiger partial charge is 0.223 e. The fourth-order valence-corrected chi connectivity index (χ4v) is 5.90. The summed E-state index contributed by atoms with van der Waals surface area (Å²) in [6, 6.07) is 0.391. The summed E-state index contributed by atoms with van der Waals surface area (Å²) in [5.74, 6) is 0.589. The van der Waals surface area contributed by atoms with Crippen molar-refractivity contribution in [2.45, 2.75) is 70.8 Å². The SMILES string of the molecule is CCC(=O)N1CCN(c2nc3c(s2)CC(C(=O)NC2CCCCC2)CC3)CC1. The van der Waals surface area contributed by atoms with Gasteiger partial charge in [-0.05, 0) is 32.1 Å². The lowest BCUT2D eigenvalue weighted by Crippen LogP contribution is -2.48. The van der Waals surface area contributed by atoms with Crippen molar-refractivity contribution in [1.82, 2.24) is 15.2 Å². The number of aromatic nitrogens is 1. The molecule has 6 nitrogen and oxygen atoms in total. The number of rotatable bonds is 4. The minimum absolute atomic E-state index is 0.0988. The van der Waals surface area contributed by atoms with Crippen LogP contribution in [0.5, 0.6) is 0 Å². The summed E-state index contributed by atoms with van der Waals surface area (Å²) >= 11 is 1.76. The van der Waals surface area contributed by atoms with Gasteiger partial charge in [-0.2, -0.15) is 0 Å². The molecule has 3 aliphatic rings. The zero-order chi connectivity index (χ0) is 19.5. The van der Waals surface area contributed by atoms with E-state index < -0.39 is 0 Å². The first kappa shape index (κ1) is 19.7. The fraction of sp³-hybridized carbons (Fsp3) is 0.762. The van der Waals surface area contributed by atoms with E-state index in [2.05, 4.69) is 10.2 Å². The minimum Gasteiger partial charge on any atom is -0.353 e. The Morgan fingerprint density at radius 3 is 2.57 bits per heavy atom. The molecule has 0 radical (unpaired) electrons. The second kappa shape index (κ2) is 8.80. The lowest BCUT2D eigenvalue weighted by molar-refractivity contribution is -0.131. The van der Waals surface area contributed by atoms with Crippen LogP contribution in [-0.4, -0.2) is 53.9 Å². The topological polar surface area (TPSA) is 65.5 Å². The first-order valence-corrected chi connectivity index (χ1v) is 11.8. The van der Waals surface area contributed by atoms with Gasteiger partial charge in [-0.1, -0.05) is 26.2 Å². The van der Waals surface area contributed by atoms with Crippen LogP contribution in [0.3, 0.4) is 0 Å². The molecule has 1 saturated carbocycles. The Morgan fingerprint density at radius 2 is 1.86 bits per heavy atom. The van der Waals surface area contributed by atoms with Gasteiger partial charge in [0, 0.05) is 49.4 Å². The molecule has 0 aromatic carbocycles. The van der Waals surface area contributed by atoms with Crippen LogP contribution >= 0.6 is 11.3 Å². The van der Waals surface area contributed by atoms with Crippen LogP contribution in [0.1, 0.15) is 62.4 Å². The van der Waals surface area contributed by atoms with Gasteiger partial charge >= 0.3 is 0 Å². The van der Waals surface area contributed by atoms with E-state index in [9.17, 15) is 9.59 Å². The van der Waals surface area contributed by atoms with Crippen LogP contribution in [0.15, 0.2) is 0 Å². The van der Waals surface area contributed by atoms with Gasteiger partial charge in [-0.3, -0.25) is 9.59 Å². The molecule has 1 saturated heterocycles. The maximum Gasteiger partial charge on any atom is 0.223 e. The van der Waals surface area contributed by atoms with Crippen molar-refractivity contribution in [2.24, 2.45) is 5.92 Å². The number of nitrogens with zero attached hydrogens (tertiary/aromatic N) is 3. The summed E-state index contributed by atoms with van der Waals surface area (Å²) in [6.07, 6.45) is 9.31. The Balaban J connectivity index is 1.33. The summed E-state index contributed by atoms with van der Waals surface area (Å²) in [4.78, 5) is 35.0. The van der Waals surface area contributed by atoms with E-state index in [1.807, 2.05) is 11.8 Å². The molecule has 28 heavy (non-hydrogen) atoms. The molecule has 2 aliphatic carbocycles. The molecule has 1 aliphatic heterocycles. The third-order valence-corrected chi connectivity index (χ3v) is 7.64. The molecule has 2 amide bonds. The second-order valence-electron chi connectivity index (χ2n) is 8.37. The number of aryl methyl sites for hydroxylation is 1. The molecular weight excluding hydrogens is 372 g/mol. The first-order chi connectivity index (χ1) is 13.6. The van der Waals surface area contributed by atoms with Crippen LogP contribution in [0.4, 0.5) is 5.13 Å². The summed E-state index contributed by atoms with van der Waals surface area (Å²) in [6.45, 7) is 5.19. The molecule has 0 bridgehead atoms. The largest absolute Gasteiger partial charge is 0.353 e. The summed E-state index contributed by atoms with van der Waals surface area (Å²) in [5, 5.41) is 4.38. The molecule has 2 fully saturated rings. The average Bonchev–Trinajstić information content (AvgIpc) is 3.17. The summed E-state index contributed by atoms with van der Waals surface area (Å²) < 4.78 is 0. The van der Waals surface area contributed by atoms with Crippen molar-refractivity contribution in [3.63, 3.8) is 0 Å². The molecule has 1 aromatic rings. The zero-order valence-corrected chi connectivity index (χ0v) is 17.7. The van der Waals surface area contributed by atoms with Crippen LogP contribution in [0.2, 0.25) is 0 Å². The predicted octanol–water partition coefficient (Wildman–Crippen LogP) is 2.76. The maximum atomic E-state index is 12.7. The number of nitrogens with one attached hydrogen (secondary N) is 1. The number of carbonyl (C=O) groups excluding carboxylic acids is 2. The maximum absolute atomic E-state index is 12.7. The van der Waals surface area contributed by atoms with Gasteiger partial charge in [0.1, 0.15) is 0 Å². The van der Waals surface area contributed by atoms with Crippen molar-refractivity contribution < 1.29 is 9.59 Å². The minimum atomic E-state index is 0.0988. The van der Waals surface area contributed by atoms with E-state index >= 15 is 0 Å². The van der Waals surface area contributed by atoms with Crippen molar-refractivity contribution in [3.8, 4) is 0 Å². The standard InChI is InChI=1S/C21H32N4O2S/c1-2-19(26)24-10-12-25(13-11-24)21-23-17-9-8-15(14-18(17)28-21)20(27)22-16-6-4-3-5-7-16/h15-16H,2-14H2,1H3,(H,22,27). The average molecular weight is 405 g/mol. The Hall–Kier alpha value is -1.63. The first-order valence-electron chi connectivity index (χ1n) is 11.0. The number of anilines is 1. The predicted molar refractivity (Wildman–Crippen MR) is 112 cm³/mol. The van der Waals surface area contributed by atoms with Crippen molar-refractivity contribution in [2.75, 3.05) is 31.1 Å². The van der Waals surface area contributed by atoms with E-state index in [0.717, 1.165) is 63.4 Å². The molecule has 7 heteroatoms. The molecule has 1 aromatic heterocycles. The number of fused-ring (bicyclic) bond motifs is 1. The van der Waals surface area contributed by atoms with Crippen molar-refractivity contribution in [1.29, 1.82) is 0 Å². The zero-order valence-electron chi connectivity index (χ0n) is 16.9. The Bertz CT molecular complexity index is 705. The Kier molecular flexibility index (Phi) is 6.19. The molecule has 2 heterocycles. The van der Waals surface area contributed by atoms with Gasteiger partial charge in [0.2, 0.25) is 11.8 Å². The van der Waals surface area contributed by atoms with Crippen molar-refractivity contribution >= 4 is 28.3 Å². The van der Waals surface area contributed by atoms with Gasteiger partial charge in [0.05, 0.1) is 5.69 Å². The number of hydrogen-bond acceptors (Lipinski definition) is 5. The Labute approximate surface area is 171 Å². The van der Waals surface area contributed by atoms with Gasteiger partial charge in [0.15, 0.2) is 5.13 Å². The van der Waals surface area contributed by atoms with E-state index in [1.54, 1.807) is 11.3 Å². The summed E-state index contributed by atoms with van der Waals surface area (Å²) in [7, 11) is 0. The number of piperazine rings is 1. The highest BCUT2D eigenvalue weighted by Gasteiger charge is 2.30. The highest BCUT2D eigenvalue weighted by molar-refractivity contribution is 7.15. The quantitative estimate of drug-likeness (QED) is 0.838. The van der Waals surface area contributed by atoms with E-state index in [0.29, 0.717) is 12.5 Å². The highest BCUT2D eigenvalue weighted by Crippen LogP contribution is 2.34. The molecule has 154 valence electrons. The summed E-state index contributed by atoms with van der Waals surface area (Å²) in [5.41, 5.74) is 1.19. The van der Waals surface area contributed by atoms with Crippen LogP contribution < -0.4 is 10.2 Å². The highest BCUT2D eigenvalue weighted by atomic mass is 32.1. The molecule has 4 rings (SSSR count). The fourth-order valence-electron chi connectivity index (χ4n) is 4.66. The number of amides is 2. The molecule has 1 N–H and O–H groups in total. The van der Waals surface area contributed by atoms with Crippen LogP contribution in [-0.2, 0) is 22.4 Å². The Morgan fingerprint density at radius 1 is 1.11 bits per heavy atom. The van der Waals surface area contributed by atoms with Gasteiger partial charge in [-0.15, -0.1) is 11.3 Å². The lowest BCUT2D eigenvalue weighted by atomic mass is 9.89. The van der Waals surface area contributed by atoms with E-state index in [-0.39, 0.29) is 17.7 Å². The third-order valence-electron chi connectivity index (χ3n) is 6.46. The number of hydrogen-bond donors (Lipinski definition) is 1. The third kappa shape index (κ3) is 4.34. The van der Waals surface area contributed by atoms with Gasteiger partial charge < -0.3 is 15.1 Å². The number of thiazole rings is 1. The molecular formula is C21H32N4O2S. The lowest BCUT2D eigenvalue weighted by Gasteiger charge is -2.34. The van der Waals surface area contributed by atoms with Crippen LogP contribution in [0.25, 0.3) is 0 Å². The van der Waals surface area contributed by atoms with Gasteiger partial charge in [0.25, 0.3) is 0 Å². The van der Waals surface area contributed by atoms with E-state index in [1.165, 1.54) is 29.8 Å². The normalized spacial score (nSPS) is 23.4. The van der Waals surface area contributed by atoms with Crippen molar-refractivity contribution in [3.05, 3.63) is 10.6 Å². The van der Waals surface area contributed by atoms with E-state index in [4.69, 9.17) is 4.98 Å². The van der Waals surface area contributed by atoms with Crippen LogP contribution in [0, 0.1) is 5.92 Å². The second-order valence-corrected chi connectivity index (χ2v) is 9.43. The molecule has 1 unspecified atom stereocenters.